The van der Waals surface area contributed by atoms with Crippen LogP contribution in [0.2, 0.25) is 0 Å². The van der Waals surface area contributed by atoms with Crippen molar-refractivity contribution in [2.45, 2.75) is 65.7 Å². The van der Waals surface area contributed by atoms with Gasteiger partial charge in [0.05, 0.1) is 43.0 Å². The lowest BCUT2D eigenvalue weighted by molar-refractivity contribution is -0.141. The highest BCUT2D eigenvalue weighted by atomic mass is 32.1. The van der Waals surface area contributed by atoms with E-state index in [-0.39, 0.29) is 17.8 Å². The monoisotopic (exact) mass is 382 g/mol. The van der Waals surface area contributed by atoms with Gasteiger partial charge in [0.15, 0.2) is 0 Å². The number of carboxylic acids is 1. The fourth-order valence-corrected chi connectivity index (χ4v) is 2.24. The van der Waals surface area contributed by atoms with Gasteiger partial charge in [-0.2, -0.15) is 33.4 Å². The number of hydrogen-bond acceptors (Lipinski definition) is 6. The fourth-order valence-electron chi connectivity index (χ4n) is 1.91. The molecular formula is C19H34N4O2S. The van der Waals surface area contributed by atoms with E-state index in [1.165, 1.54) is 25.7 Å². The Kier molecular flexibility index (Phi) is 20.2. The number of azo groups is 1. The molecule has 7 heteroatoms. The predicted octanol–water partition coefficient (Wildman–Crippen LogP) is 5.13. The van der Waals surface area contributed by atoms with Crippen LogP contribution >= 0.6 is 12.6 Å². The van der Waals surface area contributed by atoms with Crippen LogP contribution in [0.15, 0.2) is 10.2 Å². The number of hydrogen-bond donors (Lipinski definition) is 2. The normalized spacial score (nSPS) is 13.8. The van der Waals surface area contributed by atoms with Gasteiger partial charge in [-0.3, -0.25) is 4.79 Å². The molecule has 0 bridgehead atoms. The summed E-state index contributed by atoms with van der Waals surface area (Å²) in [5.74, 6) is -0.667. The molecule has 6 nitrogen and oxygen atoms in total. The van der Waals surface area contributed by atoms with Gasteiger partial charge in [0.1, 0.15) is 0 Å². The number of carbonyl (C=O) groups is 1. The highest BCUT2D eigenvalue weighted by molar-refractivity contribution is 7.80. The number of aliphatic carboxylic acids is 1. The summed E-state index contributed by atoms with van der Waals surface area (Å²) in [4.78, 5) is 10.6. The van der Waals surface area contributed by atoms with Gasteiger partial charge in [-0.15, -0.1) is 0 Å². The Bertz CT molecular complexity index is 433. The van der Waals surface area contributed by atoms with Gasteiger partial charge >= 0.3 is 5.97 Å². The minimum Gasteiger partial charge on any atom is -0.481 e. The Morgan fingerprint density at radius 2 is 1.46 bits per heavy atom. The van der Waals surface area contributed by atoms with Gasteiger partial charge in [0.2, 0.25) is 0 Å². The molecule has 0 heterocycles. The van der Waals surface area contributed by atoms with E-state index in [1.54, 1.807) is 13.8 Å². The topological polar surface area (TPSA) is 110 Å². The zero-order valence-corrected chi connectivity index (χ0v) is 17.3. The van der Waals surface area contributed by atoms with Crippen LogP contribution in [0.5, 0.6) is 0 Å². The van der Waals surface area contributed by atoms with Crippen LogP contribution in [-0.2, 0) is 4.79 Å². The first-order chi connectivity index (χ1) is 12.4. The first-order valence-electron chi connectivity index (χ1n) is 9.38. The third-order valence-corrected chi connectivity index (χ3v) is 4.17. The van der Waals surface area contributed by atoms with Crippen LogP contribution in [0.3, 0.4) is 0 Å². The summed E-state index contributed by atoms with van der Waals surface area (Å²) in [6.45, 7) is 6.62. The largest absolute Gasteiger partial charge is 0.481 e. The second kappa shape index (κ2) is 19.7. The molecule has 0 aliphatic heterocycles. The molecule has 0 aliphatic carbocycles. The molecule has 0 saturated heterocycles. The third-order valence-electron chi connectivity index (χ3n) is 3.73. The number of carboxylic acid groups (broad SMARTS) is 1. The van der Waals surface area contributed by atoms with E-state index >= 15 is 0 Å². The van der Waals surface area contributed by atoms with Gasteiger partial charge < -0.3 is 5.11 Å². The highest BCUT2D eigenvalue weighted by Gasteiger charge is 2.14. The van der Waals surface area contributed by atoms with E-state index in [9.17, 15) is 4.79 Å². The summed E-state index contributed by atoms with van der Waals surface area (Å²) in [7, 11) is 0. The SMILES string of the molecule is CC(C#N)CN=NCC(C)C#N.CCCCCCCCC(CS)C(=O)O. The minimum atomic E-state index is -0.700. The molecule has 148 valence electrons. The molecule has 0 amide bonds. The van der Waals surface area contributed by atoms with Crippen molar-refractivity contribution in [3.8, 4) is 12.1 Å². The number of unbranched alkanes of at least 4 members (excludes halogenated alkanes) is 5. The Labute approximate surface area is 164 Å². The van der Waals surface area contributed by atoms with Crippen molar-refractivity contribution in [3.63, 3.8) is 0 Å². The van der Waals surface area contributed by atoms with Gasteiger partial charge in [-0.25, -0.2) is 0 Å². The Morgan fingerprint density at radius 3 is 1.85 bits per heavy atom. The van der Waals surface area contributed by atoms with Crippen LogP contribution in [0.1, 0.15) is 65.7 Å². The maximum atomic E-state index is 10.6. The number of nitriles is 2. The molecule has 26 heavy (non-hydrogen) atoms. The van der Waals surface area contributed by atoms with Crippen molar-refractivity contribution < 1.29 is 9.90 Å². The second-order valence-corrected chi connectivity index (χ2v) is 6.85. The Hall–Kier alpha value is -1.60. The molecule has 0 aromatic rings. The molecule has 3 unspecified atom stereocenters. The first kappa shape index (κ1) is 26.6. The second-order valence-electron chi connectivity index (χ2n) is 6.48. The van der Waals surface area contributed by atoms with E-state index in [2.05, 4.69) is 29.8 Å². The molecule has 0 rings (SSSR count). The van der Waals surface area contributed by atoms with Gasteiger partial charge in [-0.05, 0) is 20.3 Å². The van der Waals surface area contributed by atoms with Gasteiger partial charge in [0.25, 0.3) is 0 Å². The predicted molar refractivity (Wildman–Crippen MR) is 107 cm³/mol. The van der Waals surface area contributed by atoms with Crippen LogP contribution in [0.25, 0.3) is 0 Å². The van der Waals surface area contributed by atoms with Crippen molar-refractivity contribution >= 4 is 18.6 Å². The summed E-state index contributed by atoms with van der Waals surface area (Å²) in [6, 6.07) is 4.10. The van der Waals surface area contributed by atoms with E-state index in [0.717, 1.165) is 19.3 Å². The molecule has 0 fully saturated rings. The lowest BCUT2D eigenvalue weighted by Gasteiger charge is -2.08. The lowest BCUT2D eigenvalue weighted by Crippen LogP contribution is -2.14. The molecule has 1 N–H and O–H groups in total. The zero-order chi connectivity index (χ0) is 20.2. The van der Waals surface area contributed by atoms with Crippen LogP contribution in [0.4, 0.5) is 0 Å². The van der Waals surface area contributed by atoms with E-state index in [1.807, 2.05) is 12.1 Å². The third kappa shape index (κ3) is 18.7. The molecule has 0 aromatic carbocycles. The zero-order valence-electron chi connectivity index (χ0n) is 16.4. The molecule has 0 saturated carbocycles. The van der Waals surface area contributed by atoms with Gasteiger partial charge in [0, 0.05) is 5.75 Å². The lowest BCUT2D eigenvalue weighted by atomic mass is 10.0. The average Bonchev–Trinajstić information content (AvgIpc) is 2.64. The summed E-state index contributed by atoms with van der Waals surface area (Å²) in [6.07, 6.45) is 8.06. The number of rotatable bonds is 13. The summed E-state index contributed by atoms with van der Waals surface area (Å²) in [5.41, 5.74) is 0. The first-order valence-corrected chi connectivity index (χ1v) is 10.0. The molecule has 0 radical (unpaired) electrons. The van der Waals surface area contributed by atoms with E-state index in [4.69, 9.17) is 15.6 Å². The number of thiol groups is 1. The van der Waals surface area contributed by atoms with Crippen molar-refractivity contribution in [2.24, 2.45) is 28.0 Å². The number of nitrogens with zero attached hydrogens (tertiary/aromatic N) is 4. The van der Waals surface area contributed by atoms with E-state index < -0.39 is 5.97 Å². The van der Waals surface area contributed by atoms with Crippen molar-refractivity contribution in [1.82, 2.24) is 0 Å². The Balaban J connectivity index is 0. The molecule has 0 aromatic heterocycles. The van der Waals surface area contributed by atoms with Crippen molar-refractivity contribution in [2.75, 3.05) is 18.8 Å². The van der Waals surface area contributed by atoms with Crippen LogP contribution < -0.4 is 0 Å². The van der Waals surface area contributed by atoms with Crippen molar-refractivity contribution in [1.29, 1.82) is 10.5 Å². The summed E-state index contributed by atoms with van der Waals surface area (Å²) >= 11 is 4.03. The molecule has 3 atom stereocenters. The van der Waals surface area contributed by atoms with Crippen molar-refractivity contribution in [3.05, 3.63) is 0 Å². The summed E-state index contributed by atoms with van der Waals surface area (Å²) < 4.78 is 0. The summed E-state index contributed by atoms with van der Waals surface area (Å²) in [5, 5.41) is 33.1. The van der Waals surface area contributed by atoms with E-state index in [0.29, 0.717) is 18.8 Å². The maximum Gasteiger partial charge on any atom is 0.307 e. The Morgan fingerprint density at radius 1 is 1.00 bits per heavy atom. The molecule has 0 spiro atoms. The van der Waals surface area contributed by atoms with Gasteiger partial charge in [-0.1, -0.05) is 45.4 Å². The maximum absolute atomic E-state index is 10.6. The fraction of sp³-hybridized carbons (Fsp3) is 0.842. The minimum absolute atomic E-state index is 0.0915. The molecular weight excluding hydrogens is 348 g/mol. The highest BCUT2D eigenvalue weighted by Crippen LogP contribution is 2.13. The quantitative estimate of drug-likeness (QED) is 0.261. The average molecular weight is 383 g/mol. The van der Waals surface area contributed by atoms with Crippen LogP contribution in [0, 0.1) is 40.4 Å². The smallest absolute Gasteiger partial charge is 0.307 e. The standard InChI is InChI=1S/C11H22O2S.C8H12N4/c1-2-3-4-5-6-7-8-10(9-14)11(12)13;1-7(3-9)5-11-12-6-8(2)4-10/h10,14H,2-9H2,1H3,(H,12,13);7-8H,5-6H2,1-2H3. The molecule has 0 aliphatic rings. The van der Waals surface area contributed by atoms with Crippen LogP contribution in [-0.4, -0.2) is 29.9 Å².